The van der Waals surface area contributed by atoms with Gasteiger partial charge in [-0.25, -0.2) is 4.63 Å². The number of aryl methyl sites for hydroxylation is 1. The summed E-state index contributed by atoms with van der Waals surface area (Å²) in [6.07, 6.45) is 0. The predicted octanol–water partition coefficient (Wildman–Crippen LogP) is 2.94. The molecule has 0 atom stereocenters. The largest absolute Gasteiger partial charge is 0.319 e. The van der Waals surface area contributed by atoms with Crippen LogP contribution in [0.2, 0.25) is 10.0 Å². The molecule has 7 heteroatoms. The normalized spacial score (nSPS) is 10.3. The van der Waals surface area contributed by atoms with Gasteiger partial charge >= 0.3 is 0 Å². The molecule has 0 aliphatic heterocycles. The molecule has 1 N–H and O–H groups in total. The molecule has 1 aromatic carbocycles. The number of nitrogens with one attached hydrogen (secondary N) is 1. The fourth-order valence-corrected chi connectivity index (χ4v) is 1.57. The number of hydrogen-bond donors (Lipinski definition) is 1. The third-order valence-electron chi connectivity index (χ3n) is 2.07. The molecular formula is C10H7Cl2N3O2. The van der Waals surface area contributed by atoms with Crippen LogP contribution in [0.1, 0.15) is 16.2 Å². The van der Waals surface area contributed by atoms with Crippen molar-refractivity contribution < 1.29 is 9.42 Å². The van der Waals surface area contributed by atoms with Crippen LogP contribution in [-0.2, 0) is 0 Å². The second-order valence-corrected chi connectivity index (χ2v) is 4.04. The monoisotopic (exact) mass is 271 g/mol. The van der Waals surface area contributed by atoms with Gasteiger partial charge in [0.15, 0.2) is 5.69 Å². The van der Waals surface area contributed by atoms with Crippen molar-refractivity contribution in [2.24, 2.45) is 0 Å². The molecule has 0 aliphatic rings. The lowest BCUT2D eigenvalue weighted by molar-refractivity contribution is 0.101. The second-order valence-electron chi connectivity index (χ2n) is 3.25. The number of carbonyl (C=O) groups excluding carboxylic acids is 1. The van der Waals surface area contributed by atoms with Crippen molar-refractivity contribution in [3.63, 3.8) is 0 Å². The third kappa shape index (κ3) is 2.40. The van der Waals surface area contributed by atoms with Crippen LogP contribution in [0.5, 0.6) is 0 Å². The molecule has 1 amide bonds. The second kappa shape index (κ2) is 4.73. The Kier molecular flexibility index (Phi) is 3.31. The fraction of sp³-hybridized carbons (Fsp3) is 0.100. The van der Waals surface area contributed by atoms with E-state index in [1.807, 2.05) is 0 Å². The highest BCUT2D eigenvalue weighted by Gasteiger charge is 2.16. The highest BCUT2D eigenvalue weighted by atomic mass is 35.5. The molecule has 1 aromatic heterocycles. The van der Waals surface area contributed by atoms with Gasteiger partial charge in [-0.05, 0) is 24.2 Å². The summed E-state index contributed by atoms with van der Waals surface area (Å²) in [5.41, 5.74) is 0.924. The minimum atomic E-state index is -0.451. The zero-order chi connectivity index (χ0) is 12.4. The van der Waals surface area contributed by atoms with E-state index in [1.165, 1.54) is 0 Å². The number of hydrogen-bond acceptors (Lipinski definition) is 4. The summed E-state index contributed by atoms with van der Waals surface area (Å²) in [7, 11) is 0. The smallest absolute Gasteiger partial charge is 0.279 e. The molecular weight excluding hydrogens is 265 g/mol. The Morgan fingerprint density at radius 2 is 2.12 bits per heavy atom. The number of amides is 1. The number of benzene rings is 1. The first-order chi connectivity index (χ1) is 8.09. The summed E-state index contributed by atoms with van der Waals surface area (Å²) >= 11 is 11.8. The van der Waals surface area contributed by atoms with Crippen LogP contribution in [0.25, 0.3) is 0 Å². The average Bonchev–Trinajstić information content (AvgIpc) is 2.71. The van der Waals surface area contributed by atoms with Crippen LogP contribution in [0.4, 0.5) is 5.69 Å². The molecule has 0 aliphatic carbocycles. The summed E-state index contributed by atoms with van der Waals surface area (Å²) in [4.78, 5) is 11.8. The topological polar surface area (TPSA) is 68.0 Å². The number of aromatic nitrogens is 2. The molecule has 2 aromatic rings. The van der Waals surface area contributed by atoms with Gasteiger partial charge in [-0.3, -0.25) is 4.79 Å². The van der Waals surface area contributed by atoms with Crippen molar-refractivity contribution >= 4 is 34.8 Å². The summed E-state index contributed by atoms with van der Waals surface area (Å²) in [5.74, 6) is -0.451. The Balaban J connectivity index is 2.25. The fourth-order valence-electron chi connectivity index (χ4n) is 1.22. The van der Waals surface area contributed by atoms with Gasteiger partial charge in [0.05, 0.1) is 15.7 Å². The van der Waals surface area contributed by atoms with Gasteiger partial charge in [-0.2, -0.15) is 0 Å². The standard InChI is InChI=1S/C10H7Cl2N3O2/c1-5-9(15-17-14-5)10(16)13-7-4-2-3-6(11)8(7)12/h2-4H,1H3,(H,13,16). The van der Waals surface area contributed by atoms with Crippen LogP contribution in [0, 0.1) is 6.92 Å². The number of halogens is 2. The molecule has 17 heavy (non-hydrogen) atoms. The molecule has 0 saturated carbocycles. The minimum absolute atomic E-state index is 0.112. The van der Waals surface area contributed by atoms with Crippen molar-refractivity contribution in [2.75, 3.05) is 5.32 Å². The number of carbonyl (C=O) groups is 1. The lowest BCUT2D eigenvalue weighted by atomic mass is 10.3. The first-order valence-corrected chi connectivity index (χ1v) is 5.39. The summed E-state index contributed by atoms with van der Waals surface area (Å²) in [5, 5.41) is 10.2. The van der Waals surface area contributed by atoms with Gasteiger partial charge in [0.2, 0.25) is 0 Å². The molecule has 1 heterocycles. The molecule has 0 bridgehead atoms. The Morgan fingerprint density at radius 1 is 1.35 bits per heavy atom. The first-order valence-electron chi connectivity index (χ1n) is 4.64. The van der Waals surface area contributed by atoms with Gasteiger partial charge in [0.1, 0.15) is 5.69 Å². The first kappa shape index (κ1) is 11.9. The lowest BCUT2D eigenvalue weighted by Crippen LogP contribution is -2.14. The van der Waals surface area contributed by atoms with Gasteiger partial charge in [0, 0.05) is 0 Å². The molecule has 0 spiro atoms. The van der Waals surface area contributed by atoms with E-state index in [9.17, 15) is 4.79 Å². The quantitative estimate of drug-likeness (QED) is 0.912. The maximum Gasteiger partial charge on any atom is 0.279 e. The van der Waals surface area contributed by atoms with E-state index in [1.54, 1.807) is 25.1 Å². The predicted molar refractivity (Wildman–Crippen MR) is 63.5 cm³/mol. The van der Waals surface area contributed by atoms with E-state index in [4.69, 9.17) is 23.2 Å². The van der Waals surface area contributed by atoms with Crippen LogP contribution in [0.3, 0.4) is 0 Å². The van der Waals surface area contributed by atoms with Crippen molar-refractivity contribution in [3.8, 4) is 0 Å². The summed E-state index contributed by atoms with van der Waals surface area (Å²) in [6.45, 7) is 1.62. The SMILES string of the molecule is Cc1nonc1C(=O)Nc1cccc(Cl)c1Cl. The van der Waals surface area contributed by atoms with E-state index in [0.29, 0.717) is 16.4 Å². The Bertz CT molecular complexity index is 568. The molecule has 5 nitrogen and oxygen atoms in total. The van der Waals surface area contributed by atoms with E-state index in [0.717, 1.165) is 0 Å². The summed E-state index contributed by atoms with van der Waals surface area (Å²) in [6, 6.07) is 4.94. The van der Waals surface area contributed by atoms with Crippen LogP contribution in [0.15, 0.2) is 22.8 Å². The lowest BCUT2D eigenvalue weighted by Gasteiger charge is -2.06. The van der Waals surface area contributed by atoms with E-state index < -0.39 is 5.91 Å². The molecule has 0 unspecified atom stereocenters. The maximum atomic E-state index is 11.8. The molecule has 0 saturated heterocycles. The minimum Gasteiger partial charge on any atom is -0.319 e. The molecule has 0 fully saturated rings. The Labute approximate surface area is 107 Å². The van der Waals surface area contributed by atoms with Gasteiger partial charge < -0.3 is 5.32 Å². The van der Waals surface area contributed by atoms with Crippen molar-refractivity contribution in [1.82, 2.24) is 10.3 Å². The third-order valence-corrected chi connectivity index (χ3v) is 2.89. The van der Waals surface area contributed by atoms with Crippen LogP contribution >= 0.6 is 23.2 Å². The van der Waals surface area contributed by atoms with Crippen LogP contribution in [-0.4, -0.2) is 16.2 Å². The number of nitrogens with zero attached hydrogens (tertiary/aromatic N) is 2. The summed E-state index contributed by atoms with van der Waals surface area (Å²) < 4.78 is 4.44. The highest BCUT2D eigenvalue weighted by molar-refractivity contribution is 6.44. The average molecular weight is 272 g/mol. The van der Waals surface area contributed by atoms with Crippen LogP contribution < -0.4 is 5.32 Å². The zero-order valence-corrected chi connectivity index (χ0v) is 10.2. The number of anilines is 1. The number of rotatable bonds is 2. The van der Waals surface area contributed by atoms with E-state index >= 15 is 0 Å². The Hall–Kier alpha value is -1.59. The van der Waals surface area contributed by atoms with Crippen molar-refractivity contribution in [3.05, 3.63) is 39.6 Å². The van der Waals surface area contributed by atoms with Gasteiger partial charge in [0.25, 0.3) is 5.91 Å². The zero-order valence-electron chi connectivity index (χ0n) is 8.70. The van der Waals surface area contributed by atoms with E-state index in [-0.39, 0.29) is 10.7 Å². The van der Waals surface area contributed by atoms with Gasteiger partial charge in [-0.1, -0.05) is 34.4 Å². The molecule has 0 radical (unpaired) electrons. The Morgan fingerprint density at radius 3 is 2.76 bits per heavy atom. The van der Waals surface area contributed by atoms with Crippen molar-refractivity contribution in [1.29, 1.82) is 0 Å². The van der Waals surface area contributed by atoms with Crippen molar-refractivity contribution in [2.45, 2.75) is 6.92 Å². The van der Waals surface area contributed by atoms with Gasteiger partial charge in [-0.15, -0.1) is 0 Å². The molecule has 88 valence electrons. The molecule has 2 rings (SSSR count). The highest BCUT2D eigenvalue weighted by Crippen LogP contribution is 2.29. The van der Waals surface area contributed by atoms with E-state index in [2.05, 4.69) is 20.3 Å². The maximum absolute atomic E-state index is 11.8.